The Morgan fingerprint density at radius 3 is 2.64 bits per heavy atom. The number of carbonyl (C=O) groups excluding carboxylic acids is 1. The van der Waals surface area contributed by atoms with Crippen LogP contribution in [0.1, 0.15) is 28.2 Å². The molecule has 0 bridgehead atoms. The third kappa shape index (κ3) is 4.25. The molecule has 152 valence electrons. The summed E-state index contributed by atoms with van der Waals surface area (Å²) in [6.45, 7) is 1.90. The van der Waals surface area contributed by atoms with Crippen molar-refractivity contribution in [2.45, 2.75) is 37.1 Å². The first-order chi connectivity index (χ1) is 13.0. The maximum atomic E-state index is 13.6. The molecule has 1 saturated heterocycles. The second kappa shape index (κ2) is 7.29. The Bertz CT molecular complexity index is 1010. The smallest absolute Gasteiger partial charge is 0.376 e. The second-order valence-electron chi connectivity index (χ2n) is 7.03. The van der Waals surface area contributed by atoms with Crippen LogP contribution < -0.4 is 5.32 Å². The van der Waals surface area contributed by atoms with Crippen molar-refractivity contribution in [2.24, 2.45) is 0 Å². The zero-order valence-electron chi connectivity index (χ0n) is 15.7. The molecule has 1 fully saturated rings. The molecular formula is C19H22F3N3O2S. The zero-order chi connectivity index (χ0) is 20.7. The molecule has 2 aromatic rings. The predicted molar refractivity (Wildman–Crippen MR) is 107 cm³/mol. The van der Waals surface area contributed by atoms with Gasteiger partial charge in [-0.25, -0.2) is 0 Å². The number of aromatic nitrogens is 2. The Morgan fingerprint density at radius 1 is 1.43 bits per heavy atom. The van der Waals surface area contributed by atoms with Crippen molar-refractivity contribution >= 4 is 32.5 Å². The third-order valence-corrected chi connectivity index (χ3v) is 5.85. The summed E-state index contributed by atoms with van der Waals surface area (Å²) in [6, 6.07) is 6.84. The van der Waals surface area contributed by atoms with Crippen molar-refractivity contribution in [1.29, 1.82) is 0 Å². The summed E-state index contributed by atoms with van der Waals surface area (Å²) in [5, 5.41) is 6.52. The van der Waals surface area contributed by atoms with Crippen molar-refractivity contribution in [3.8, 4) is 0 Å². The van der Waals surface area contributed by atoms with Crippen LogP contribution >= 0.6 is 9.21 Å². The summed E-state index contributed by atoms with van der Waals surface area (Å²) >= 11 is 0. The van der Waals surface area contributed by atoms with Gasteiger partial charge in [0.05, 0.1) is 18.3 Å². The van der Waals surface area contributed by atoms with Gasteiger partial charge in [-0.3, -0.25) is 9.48 Å². The Kier molecular flexibility index (Phi) is 5.33. The first-order valence-corrected chi connectivity index (χ1v) is 11.0. The number of nitrogens with one attached hydrogen (secondary N) is 1. The number of rotatable bonds is 5. The summed E-state index contributed by atoms with van der Waals surface area (Å²) in [7, 11) is -1.54. The van der Waals surface area contributed by atoms with Crippen molar-refractivity contribution in [1.82, 2.24) is 9.78 Å². The average molecular weight is 413 g/mol. The van der Waals surface area contributed by atoms with Gasteiger partial charge in [-0.2, -0.15) is 27.5 Å². The van der Waals surface area contributed by atoms with Crippen LogP contribution in [-0.4, -0.2) is 46.4 Å². The molecule has 9 heteroatoms. The van der Waals surface area contributed by atoms with Gasteiger partial charge in [-0.05, 0) is 42.7 Å². The molecule has 1 aromatic carbocycles. The van der Waals surface area contributed by atoms with Gasteiger partial charge in [0.1, 0.15) is 11.3 Å². The minimum atomic E-state index is -4.69. The third-order valence-electron chi connectivity index (χ3n) is 4.46. The summed E-state index contributed by atoms with van der Waals surface area (Å²) in [5.74, 6) is 7.16. The lowest BCUT2D eigenvalue weighted by Crippen LogP contribution is -2.33. The fourth-order valence-electron chi connectivity index (χ4n) is 2.98. The van der Waals surface area contributed by atoms with E-state index >= 15 is 0 Å². The second-order valence-corrected chi connectivity index (χ2v) is 10.0. The number of alkyl halides is 3. The van der Waals surface area contributed by atoms with Crippen molar-refractivity contribution in [3.05, 3.63) is 41.2 Å². The van der Waals surface area contributed by atoms with Gasteiger partial charge in [0.25, 0.3) is 5.91 Å². The highest BCUT2D eigenvalue weighted by Crippen LogP contribution is 2.36. The highest BCUT2D eigenvalue weighted by Gasteiger charge is 2.41. The number of hydrogen-bond donors (Lipinski definition) is 1. The van der Waals surface area contributed by atoms with Crippen molar-refractivity contribution in [2.75, 3.05) is 18.2 Å². The van der Waals surface area contributed by atoms with Gasteiger partial charge in [-0.15, -0.1) is 0 Å². The summed E-state index contributed by atoms with van der Waals surface area (Å²) in [4.78, 5) is 13.7. The van der Waals surface area contributed by atoms with E-state index in [0.717, 1.165) is 16.0 Å². The maximum Gasteiger partial charge on any atom is 0.420 e. The minimum Gasteiger partial charge on any atom is -0.376 e. The minimum absolute atomic E-state index is 0.0969. The Morgan fingerprint density at radius 2 is 2.11 bits per heavy atom. The van der Waals surface area contributed by atoms with Crippen LogP contribution in [0.4, 0.5) is 18.9 Å². The molecule has 1 aliphatic rings. The van der Waals surface area contributed by atoms with E-state index in [-0.39, 0.29) is 18.3 Å². The topological polar surface area (TPSA) is 56.2 Å². The molecule has 2 heterocycles. The first kappa shape index (κ1) is 20.5. The number of nitrogens with zero attached hydrogens (tertiary/aromatic N) is 2. The molecule has 1 N–H and O–H groups in total. The molecule has 1 amide bonds. The van der Waals surface area contributed by atoms with Crippen LogP contribution in [0.5, 0.6) is 0 Å². The van der Waals surface area contributed by atoms with Crippen LogP contribution in [0.3, 0.4) is 0 Å². The summed E-state index contributed by atoms with van der Waals surface area (Å²) in [6.07, 6.45) is -2.33. The quantitative estimate of drug-likeness (QED) is 0.757. The van der Waals surface area contributed by atoms with Gasteiger partial charge >= 0.3 is 6.18 Å². The molecule has 1 aliphatic heterocycles. The van der Waals surface area contributed by atoms with E-state index in [9.17, 15) is 18.0 Å². The summed E-state index contributed by atoms with van der Waals surface area (Å²) < 4.78 is 47.2. The molecule has 0 saturated carbocycles. The Hall–Kier alpha value is -2.26. The number of benzene rings is 1. The maximum absolute atomic E-state index is 13.6. The molecule has 5 nitrogen and oxygen atoms in total. The molecule has 1 aromatic heterocycles. The monoisotopic (exact) mass is 413 g/mol. The highest BCUT2D eigenvalue weighted by atomic mass is 32.2. The Balaban J connectivity index is 1.98. The van der Waals surface area contributed by atoms with E-state index in [1.807, 2.05) is 12.3 Å². The van der Waals surface area contributed by atoms with Crippen LogP contribution in [-0.2, 0) is 17.5 Å². The van der Waals surface area contributed by atoms with E-state index in [1.165, 1.54) is 6.92 Å². The van der Waals surface area contributed by atoms with Gasteiger partial charge in [0.2, 0.25) is 0 Å². The largest absolute Gasteiger partial charge is 0.420 e. The Labute approximate surface area is 162 Å². The number of amides is 1. The molecule has 1 atom stereocenters. The number of halogens is 3. The number of carbonyl (C=O) groups is 1. The van der Waals surface area contributed by atoms with Crippen LogP contribution in [0.25, 0.3) is 0 Å². The van der Waals surface area contributed by atoms with Crippen molar-refractivity contribution in [3.63, 3.8) is 0 Å². The van der Waals surface area contributed by atoms with Gasteiger partial charge < -0.3 is 10.1 Å². The number of aryl methyl sites for hydroxylation is 1. The highest BCUT2D eigenvalue weighted by molar-refractivity contribution is 8.27. The van der Waals surface area contributed by atoms with Gasteiger partial charge in [0.15, 0.2) is 0 Å². The van der Waals surface area contributed by atoms with Gasteiger partial charge in [0, 0.05) is 12.3 Å². The molecule has 0 aliphatic carbocycles. The first-order valence-electron chi connectivity index (χ1n) is 8.59. The standard InChI is InChI=1S/C19H22F3N3O2S/c1-12-16(19(20,21)22)17(25(24-12)11-14-8-9-27-14)18(26)23-13-6-5-7-15(10-13)28(2,3)4/h5-7,10,14H,2-3,8-9,11H2,1,4H3,(H,23,26). The van der Waals surface area contributed by atoms with Gasteiger partial charge in [-0.1, -0.05) is 17.8 Å². The number of ether oxygens (including phenoxy) is 1. The SMILES string of the molecule is C=S(=C)(C)c1cccc(NC(=O)c2c(C(F)(F)F)c(C)nn2CC2CCO2)c1. The molecule has 3 rings (SSSR count). The lowest BCUT2D eigenvalue weighted by Gasteiger charge is -2.26. The van der Waals surface area contributed by atoms with Crippen LogP contribution in [0, 0.1) is 6.92 Å². The predicted octanol–water partition coefficient (Wildman–Crippen LogP) is 3.91. The molecule has 0 spiro atoms. The van der Waals surface area contributed by atoms with E-state index in [4.69, 9.17) is 4.74 Å². The lowest BCUT2D eigenvalue weighted by atomic mass is 10.1. The van der Waals surface area contributed by atoms with Crippen LogP contribution in [0.15, 0.2) is 29.2 Å². The number of anilines is 1. The van der Waals surface area contributed by atoms with E-state index < -0.39 is 32.5 Å². The van der Waals surface area contributed by atoms with E-state index in [0.29, 0.717) is 12.3 Å². The molecule has 0 radical (unpaired) electrons. The normalized spacial score (nSPS) is 17.2. The van der Waals surface area contributed by atoms with Crippen LogP contribution in [0.2, 0.25) is 0 Å². The molecular weight excluding hydrogens is 391 g/mol. The average Bonchev–Trinajstić information content (AvgIpc) is 2.87. The lowest BCUT2D eigenvalue weighted by molar-refractivity contribution is -0.138. The fraction of sp³-hybridized carbons (Fsp3) is 0.368. The summed E-state index contributed by atoms with van der Waals surface area (Å²) in [5.41, 5.74) is -1.39. The molecule has 28 heavy (non-hydrogen) atoms. The molecule has 1 unspecified atom stereocenters. The van der Waals surface area contributed by atoms with E-state index in [1.54, 1.807) is 18.2 Å². The van der Waals surface area contributed by atoms with E-state index in [2.05, 4.69) is 22.2 Å². The fourth-order valence-corrected chi connectivity index (χ4v) is 3.79. The zero-order valence-corrected chi connectivity index (χ0v) is 16.5. The van der Waals surface area contributed by atoms with Crippen molar-refractivity contribution < 1.29 is 22.7 Å². The number of hydrogen-bond acceptors (Lipinski definition) is 3.